The SMILES string of the molecule is CC1CC(c2ccccc2)CN1C(=O)OC(C)(C)C. The maximum atomic E-state index is 12.2. The summed E-state index contributed by atoms with van der Waals surface area (Å²) in [6.07, 6.45) is 0.807. The Kier molecular flexibility index (Phi) is 3.83. The number of rotatable bonds is 1. The highest BCUT2D eigenvalue weighted by molar-refractivity contribution is 5.69. The largest absolute Gasteiger partial charge is 0.444 e. The molecule has 0 bridgehead atoms. The smallest absolute Gasteiger partial charge is 0.410 e. The van der Waals surface area contributed by atoms with Crippen molar-refractivity contribution in [3.05, 3.63) is 35.9 Å². The lowest BCUT2D eigenvalue weighted by atomic mass is 9.97. The molecule has 1 heterocycles. The molecule has 0 spiro atoms. The van der Waals surface area contributed by atoms with Crippen LogP contribution in [0.15, 0.2) is 30.3 Å². The van der Waals surface area contributed by atoms with Crippen LogP contribution in [0.2, 0.25) is 0 Å². The predicted molar refractivity (Wildman–Crippen MR) is 76.2 cm³/mol. The number of amides is 1. The Hall–Kier alpha value is -1.51. The van der Waals surface area contributed by atoms with Crippen molar-refractivity contribution in [3.8, 4) is 0 Å². The molecule has 104 valence electrons. The van der Waals surface area contributed by atoms with E-state index in [2.05, 4.69) is 31.2 Å². The summed E-state index contributed by atoms with van der Waals surface area (Å²) in [7, 11) is 0. The highest BCUT2D eigenvalue weighted by Gasteiger charge is 2.35. The van der Waals surface area contributed by atoms with Gasteiger partial charge in [-0.1, -0.05) is 30.3 Å². The quantitative estimate of drug-likeness (QED) is 0.769. The van der Waals surface area contributed by atoms with E-state index in [-0.39, 0.29) is 12.1 Å². The molecular formula is C16H23NO2. The van der Waals surface area contributed by atoms with Gasteiger partial charge in [0.05, 0.1) is 0 Å². The number of benzene rings is 1. The molecule has 19 heavy (non-hydrogen) atoms. The molecule has 1 aromatic carbocycles. The molecule has 2 unspecified atom stereocenters. The number of likely N-dealkylation sites (tertiary alicyclic amines) is 1. The van der Waals surface area contributed by atoms with Crippen LogP contribution in [0.5, 0.6) is 0 Å². The molecule has 0 N–H and O–H groups in total. The average molecular weight is 261 g/mol. The maximum Gasteiger partial charge on any atom is 0.410 e. The monoisotopic (exact) mass is 261 g/mol. The second kappa shape index (κ2) is 5.24. The van der Waals surface area contributed by atoms with Crippen molar-refractivity contribution in [1.82, 2.24) is 4.90 Å². The fourth-order valence-corrected chi connectivity index (χ4v) is 2.57. The summed E-state index contributed by atoms with van der Waals surface area (Å²) < 4.78 is 5.46. The summed E-state index contributed by atoms with van der Waals surface area (Å²) >= 11 is 0. The van der Waals surface area contributed by atoms with Crippen LogP contribution in [0.25, 0.3) is 0 Å². The fraction of sp³-hybridized carbons (Fsp3) is 0.562. The van der Waals surface area contributed by atoms with Gasteiger partial charge in [0, 0.05) is 18.5 Å². The van der Waals surface area contributed by atoms with Crippen molar-refractivity contribution in [1.29, 1.82) is 0 Å². The minimum atomic E-state index is -0.429. The Morgan fingerprint density at radius 3 is 2.47 bits per heavy atom. The summed E-state index contributed by atoms with van der Waals surface area (Å²) in [4.78, 5) is 14.0. The van der Waals surface area contributed by atoms with Gasteiger partial charge in [0.2, 0.25) is 0 Å². The summed E-state index contributed by atoms with van der Waals surface area (Å²) in [5.74, 6) is 0.420. The van der Waals surface area contributed by atoms with Gasteiger partial charge in [-0.2, -0.15) is 0 Å². The first-order valence-corrected chi connectivity index (χ1v) is 6.91. The molecule has 0 aromatic heterocycles. The van der Waals surface area contributed by atoms with E-state index in [1.54, 1.807) is 0 Å². The lowest BCUT2D eigenvalue weighted by molar-refractivity contribution is 0.0237. The van der Waals surface area contributed by atoms with Crippen molar-refractivity contribution in [2.75, 3.05) is 6.54 Å². The van der Waals surface area contributed by atoms with Crippen LogP contribution >= 0.6 is 0 Å². The second-order valence-electron chi connectivity index (χ2n) is 6.33. The Balaban J connectivity index is 2.04. The Morgan fingerprint density at radius 1 is 1.26 bits per heavy atom. The molecule has 2 atom stereocenters. The van der Waals surface area contributed by atoms with E-state index < -0.39 is 5.60 Å². The van der Waals surface area contributed by atoms with Gasteiger partial charge in [-0.05, 0) is 39.7 Å². The molecule has 1 saturated heterocycles. The van der Waals surface area contributed by atoms with Crippen molar-refractivity contribution < 1.29 is 9.53 Å². The van der Waals surface area contributed by atoms with Gasteiger partial charge >= 0.3 is 6.09 Å². The van der Waals surface area contributed by atoms with Crippen LogP contribution in [0.4, 0.5) is 4.79 Å². The third-order valence-electron chi connectivity index (χ3n) is 3.47. The number of nitrogens with zero attached hydrogens (tertiary/aromatic N) is 1. The molecular weight excluding hydrogens is 238 g/mol. The van der Waals surface area contributed by atoms with Crippen molar-refractivity contribution >= 4 is 6.09 Å². The first kappa shape index (κ1) is 13.9. The summed E-state index contributed by atoms with van der Waals surface area (Å²) in [6.45, 7) is 8.55. The van der Waals surface area contributed by atoms with E-state index >= 15 is 0 Å². The molecule has 3 nitrogen and oxygen atoms in total. The van der Waals surface area contributed by atoms with E-state index in [0.717, 1.165) is 13.0 Å². The van der Waals surface area contributed by atoms with E-state index in [0.29, 0.717) is 5.92 Å². The summed E-state index contributed by atoms with van der Waals surface area (Å²) in [5, 5.41) is 0. The molecule has 1 aliphatic rings. The molecule has 2 rings (SSSR count). The zero-order valence-electron chi connectivity index (χ0n) is 12.2. The lowest BCUT2D eigenvalue weighted by Gasteiger charge is -2.27. The van der Waals surface area contributed by atoms with Gasteiger partial charge in [0.1, 0.15) is 5.60 Å². The average Bonchev–Trinajstić information content (AvgIpc) is 2.70. The van der Waals surface area contributed by atoms with Crippen molar-refractivity contribution in [2.45, 2.75) is 51.7 Å². The van der Waals surface area contributed by atoms with Gasteiger partial charge < -0.3 is 9.64 Å². The molecule has 1 amide bonds. The topological polar surface area (TPSA) is 29.5 Å². The number of carbonyl (C=O) groups is 1. The normalized spacial score (nSPS) is 23.5. The van der Waals surface area contributed by atoms with Crippen LogP contribution in [0, 0.1) is 0 Å². The molecule has 0 saturated carbocycles. The van der Waals surface area contributed by atoms with E-state index in [1.807, 2.05) is 31.7 Å². The van der Waals surface area contributed by atoms with Crippen LogP contribution < -0.4 is 0 Å². The first-order valence-electron chi connectivity index (χ1n) is 6.91. The maximum absolute atomic E-state index is 12.2. The van der Waals surface area contributed by atoms with Crippen LogP contribution in [-0.2, 0) is 4.74 Å². The number of carbonyl (C=O) groups excluding carboxylic acids is 1. The minimum absolute atomic E-state index is 0.196. The minimum Gasteiger partial charge on any atom is -0.444 e. The number of ether oxygens (including phenoxy) is 1. The van der Waals surface area contributed by atoms with Crippen LogP contribution in [-0.4, -0.2) is 29.2 Å². The van der Waals surface area contributed by atoms with Crippen LogP contribution in [0.1, 0.15) is 45.6 Å². The van der Waals surface area contributed by atoms with Gasteiger partial charge in [-0.25, -0.2) is 4.79 Å². The number of hydrogen-bond acceptors (Lipinski definition) is 2. The molecule has 0 aliphatic carbocycles. The third-order valence-corrected chi connectivity index (χ3v) is 3.47. The molecule has 1 fully saturated rings. The Bertz CT molecular complexity index is 436. The molecule has 3 heteroatoms. The van der Waals surface area contributed by atoms with Crippen LogP contribution in [0.3, 0.4) is 0 Å². The highest BCUT2D eigenvalue weighted by Crippen LogP contribution is 2.32. The standard InChI is InChI=1S/C16H23NO2/c1-12-10-14(13-8-6-5-7-9-13)11-17(12)15(18)19-16(2,3)4/h5-9,12,14H,10-11H2,1-4H3. The van der Waals surface area contributed by atoms with Gasteiger partial charge in [0.15, 0.2) is 0 Å². The summed E-state index contributed by atoms with van der Waals surface area (Å²) in [5.41, 5.74) is 0.877. The first-order chi connectivity index (χ1) is 8.87. The lowest BCUT2D eigenvalue weighted by Crippen LogP contribution is -2.38. The van der Waals surface area contributed by atoms with Gasteiger partial charge in [-0.15, -0.1) is 0 Å². The molecule has 1 aromatic rings. The zero-order valence-corrected chi connectivity index (χ0v) is 12.2. The van der Waals surface area contributed by atoms with Gasteiger partial charge in [0.25, 0.3) is 0 Å². The van der Waals surface area contributed by atoms with E-state index in [4.69, 9.17) is 4.74 Å². The Labute approximate surface area is 115 Å². The predicted octanol–water partition coefficient (Wildman–Crippen LogP) is 3.80. The zero-order chi connectivity index (χ0) is 14.0. The Morgan fingerprint density at radius 2 is 1.89 bits per heavy atom. The number of hydrogen-bond donors (Lipinski definition) is 0. The summed E-state index contributed by atoms with van der Waals surface area (Å²) in [6, 6.07) is 10.6. The van der Waals surface area contributed by atoms with Crippen molar-refractivity contribution in [3.63, 3.8) is 0 Å². The van der Waals surface area contributed by atoms with E-state index in [1.165, 1.54) is 5.56 Å². The van der Waals surface area contributed by atoms with Crippen molar-refractivity contribution in [2.24, 2.45) is 0 Å². The fourth-order valence-electron chi connectivity index (χ4n) is 2.57. The van der Waals surface area contributed by atoms with Gasteiger partial charge in [-0.3, -0.25) is 0 Å². The third kappa shape index (κ3) is 3.49. The molecule has 0 radical (unpaired) electrons. The molecule has 1 aliphatic heterocycles. The van der Waals surface area contributed by atoms with E-state index in [9.17, 15) is 4.79 Å². The highest BCUT2D eigenvalue weighted by atomic mass is 16.6. The second-order valence-corrected chi connectivity index (χ2v) is 6.33.